The van der Waals surface area contributed by atoms with Gasteiger partial charge < -0.3 is 0 Å². The highest BCUT2D eigenvalue weighted by atomic mass is 32.2. The molecule has 130 valence electrons. The number of sulfone groups is 1. The number of rotatable bonds is 3. The lowest BCUT2D eigenvalue weighted by Gasteiger charge is -2.06. The summed E-state index contributed by atoms with van der Waals surface area (Å²) in [5, 5.41) is 3.34. The van der Waals surface area contributed by atoms with Crippen molar-refractivity contribution >= 4 is 9.84 Å². The molecule has 1 aromatic heterocycles. The van der Waals surface area contributed by atoms with Crippen LogP contribution >= 0.6 is 0 Å². The van der Waals surface area contributed by atoms with Crippen molar-refractivity contribution in [2.24, 2.45) is 7.05 Å². The number of hydrogen-bond donors (Lipinski definition) is 0. The number of hydrogen-bond acceptors (Lipinski definition) is 4. The van der Waals surface area contributed by atoms with Crippen molar-refractivity contribution in [3.8, 4) is 11.4 Å². The van der Waals surface area contributed by atoms with Crippen LogP contribution in [0.25, 0.3) is 11.4 Å². The first-order chi connectivity index (χ1) is 11.7. The minimum atomic E-state index is -4.65. The Morgan fingerprint density at radius 1 is 0.920 bits per heavy atom. The molecule has 0 unspecified atom stereocenters. The molecule has 0 aliphatic rings. The normalized spacial score (nSPS) is 12.3. The molecule has 0 fully saturated rings. The van der Waals surface area contributed by atoms with Gasteiger partial charge in [-0.3, -0.25) is 0 Å². The molecule has 0 amide bonds. The Kier molecular flexibility index (Phi) is 4.11. The van der Waals surface area contributed by atoms with Crippen LogP contribution in [-0.2, 0) is 23.1 Å². The highest BCUT2D eigenvalue weighted by Crippen LogP contribution is 2.29. The van der Waals surface area contributed by atoms with Gasteiger partial charge in [0.15, 0.2) is 5.82 Å². The largest absolute Gasteiger partial charge is 0.453 e. The topological polar surface area (TPSA) is 64.8 Å². The van der Waals surface area contributed by atoms with Crippen LogP contribution < -0.4 is 0 Å². The van der Waals surface area contributed by atoms with Crippen molar-refractivity contribution in [2.75, 3.05) is 0 Å². The third-order valence-corrected chi connectivity index (χ3v) is 5.28. The molecule has 9 heteroatoms. The lowest BCUT2D eigenvalue weighted by atomic mass is 10.2. The summed E-state index contributed by atoms with van der Waals surface area (Å²) >= 11 is 0. The third-order valence-electron chi connectivity index (χ3n) is 3.49. The third kappa shape index (κ3) is 3.27. The lowest BCUT2D eigenvalue weighted by Crippen LogP contribution is -2.08. The molecule has 0 N–H and O–H groups in total. The van der Waals surface area contributed by atoms with Gasteiger partial charge >= 0.3 is 6.18 Å². The van der Waals surface area contributed by atoms with E-state index >= 15 is 0 Å². The predicted octanol–water partition coefficient (Wildman–Crippen LogP) is 3.33. The average molecular weight is 367 g/mol. The molecule has 0 atom stereocenters. The monoisotopic (exact) mass is 367 g/mol. The fourth-order valence-corrected chi connectivity index (χ4v) is 3.56. The van der Waals surface area contributed by atoms with E-state index in [0.717, 1.165) is 4.68 Å². The Hall–Kier alpha value is -2.68. The van der Waals surface area contributed by atoms with Gasteiger partial charge in [-0.05, 0) is 36.4 Å². The van der Waals surface area contributed by atoms with Crippen molar-refractivity contribution in [2.45, 2.75) is 16.0 Å². The summed E-state index contributed by atoms with van der Waals surface area (Å²) in [5.74, 6) is -1.25. The smallest absolute Gasteiger partial charge is 0.248 e. The van der Waals surface area contributed by atoms with Gasteiger partial charge in [-0.2, -0.15) is 13.2 Å². The van der Waals surface area contributed by atoms with E-state index in [2.05, 4.69) is 10.1 Å². The molecule has 0 aliphatic heterocycles. The first kappa shape index (κ1) is 17.2. The van der Waals surface area contributed by atoms with Crippen LogP contribution in [0.2, 0.25) is 0 Å². The molecule has 25 heavy (non-hydrogen) atoms. The van der Waals surface area contributed by atoms with Gasteiger partial charge in [0.1, 0.15) is 0 Å². The number of aromatic nitrogens is 3. The van der Waals surface area contributed by atoms with Crippen LogP contribution in [0.3, 0.4) is 0 Å². The van der Waals surface area contributed by atoms with E-state index < -0.39 is 21.8 Å². The minimum absolute atomic E-state index is 0.00372. The van der Waals surface area contributed by atoms with E-state index in [9.17, 15) is 21.6 Å². The zero-order valence-corrected chi connectivity index (χ0v) is 13.7. The molecule has 0 radical (unpaired) electrons. The molecule has 0 saturated heterocycles. The van der Waals surface area contributed by atoms with E-state index in [1.165, 1.54) is 43.4 Å². The van der Waals surface area contributed by atoms with Gasteiger partial charge in [0, 0.05) is 12.6 Å². The summed E-state index contributed by atoms with van der Waals surface area (Å²) < 4.78 is 64.1. The maximum Gasteiger partial charge on any atom is 0.453 e. The Labute approximate surface area is 141 Å². The molecule has 0 bridgehead atoms. The van der Waals surface area contributed by atoms with Gasteiger partial charge in [0.05, 0.1) is 9.79 Å². The Morgan fingerprint density at radius 2 is 1.48 bits per heavy atom. The first-order valence-corrected chi connectivity index (χ1v) is 8.57. The second-order valence-corrected chi connectivity index (χ2v) is 7.17. The van der Waals surface area contributed by atoms with E-state index in [1.54, 1.807) is 18.2 Å². The summed E-state index contributed by atoms with van der Waals surface area (Å²) in [6.07, 6.45) is -4.65. The zero-order chi connectivity index (χ0) is 18.2. The number of alkyl halides is 3. The van der Waals surface area contributed by atoms with Crippen molar-refractivity contribution in [1.82, 2.24) is 14.8 Å². The van der Waals surface area contributed by atoms with Gasteiger partial charge in [-0.25, -0.2) is 18.1 Å². The second kappa shape index (κ2) is 5.99. The molecule has 2 aromatic carbocycles. The summed E-state index contributed by atoms with van der Waals surface area (Å²) in [5.41, 5.74) is 0.331. The Morgan fingerprint density at radius 3 is 2.00 bits per heavy atom. The Bertz CT molecular complexity index is 995. The molecule has 0 saturated carbocycles. The van der Waals surface area contributed by atoms with Gasteiger partial charge in [0.2, 0.25) is 9.84 Å². The molecule has 5 nitrogen and oxygen atoms in total. The maximum absolute atomic E-state index is 12.7. The molecule has 3 rings (SSSR count). The van der Waals surface area contributed by atoms with Gasteiger partial charge in [-0.15, -0.1) is 5.10 Å². The average Bonchev–Trinajstić information content (AvgIpc) is 2.98. The zero-order valence-electron chi connectivity index (χ0n) is 12.9. The highest BCUT2D eigenvalue weighted by molar-refractivity contribution is 7.91. The second-order valence-electron chi connectivity index (χ2n) is 5.22. The first-order valence-electron chi connectivity index (χ1n) is 7.08. The van der Waals surface area contributed by atoms with E-state index in [1.807, 2.05) is 0 Å². The van der Waals surface area contributed by atoms with Gasteiger partial charge in [-0.1, -0.05) is 18.2 Å². The number of halogens is 3. The summed E-state index contributed by atoms with van der Waals surface area (Å²) in [6.45, 7) is 0. The molecule has 1 heterocycles. The number of nitrogens with zero attached hydrogens (tertiary/aromatic N) is 3. The summed E-state index contributed by atoms with van der Waals surface area (Å²) in [6, 6.07) is 13.3. The Balaban J connectivity index is 1.98. The fourth-order valence-electron chi connectivity index (χ4n) is 2.27. The number of aryl methyl sites for hydroxylation is 1. The lowest BCUT2D eigenvalue weighted by molar-refractivity contribution is -0.144. The summed E-state index contributed by atoms with van der Waals surface area (Å²) in [4.78, 5) is 3.66. The van der Waals surface area contributed by atoms with Crippen LogP contribution in [0.4, 0.5) is 13.2 Å². The molecular weight excluding hydrogens is 355 g/mol. The molecular formula is C16H12F3N3O2S. The van der Waals surface area contributed by atoms with Crippen LogP contribution in [0.1, 0.15) is 5.82 Å². The summed E-state index contributed by atoms with van der Waals surface area (Å²) in [7, 11) is -2.35. The van der Waals surface area contributed by atoms with Crippen LogP contribution in [0.15, 0.2) is 64.4 Å². The highest BCUT2D eigenvalue weighted by Gasteiger charge is 2.36. The molecule has 0 spiro atoms. The van der Waals surface area contributed by atoms with Gasteiger partial charge in [0.25, 0.3) is 5.82 Å². The van der Waals surface area contributed by atoms with E-state index in [-0.39, 0.29) is 15.6 Å². The maximum atomic E-state index is 12.7. The quantitative estimate of drug-likeness (QED) is 0.712. The van der Waals surface area contributed by atoms with Crippen molar-refractivity contribution in [3.05, 3.63) is 60.4 Å². The van der Waals surface area contributed by atoms with Crippen molar-refractivity contribution < 1.29 is 21.6 Å². The van der Waals surface area contributed by atoms with Crippen LogP contribution in [0, 0.1) is 0 Å². The standard InChI is InChI=1S/C16H12F3N3O2S/c1-22-14(20-15(21-22)16(17,18)19)11-7-9-13(10-8-11)25(23,24)12-5-3-2-4-6-12/h2-10H,1H3. The van der Waals surface area contributed by atoms with E-state index in [4.69, 9.17) is 0 Å². The minimum Gasteiger partial charge on any atom is -0.248 e. The van der Waals surface area contributed by atoms with Crippen molar-refractivity contribution in [1.29, 1.82) is 0 Å². The molecule has 3 aromatic rings. The SMILES string of the molecule is Cn1nc(C(F)(F)F)nc1-c1ccc(S(=O)(=O)c2ccccc2)cc1. The number of benzene rings is 2. The molecule has 0 aliphatic carbocycles. The van der Waals surface area contributed by atoms with Crippen LogP contribution in [0.5, 0.6) is 0 Å². The van der Waals surface area contributed by atoms with E-state index in [0.29, 0.717) is 5.56 Å². The van der Waals surface area contributed by atoms with Crippen LogP contribution in [-0.4, -0.2) is 23.2 Å². The van der Waals surface area contributed by atoms with Crippen molar-refractivity contribution in [3.63, 3.8) is 0 Å². The fraction of sp³-hybridized carbons (Fsp3) is 0.125. The predicted molar refractivity (Wildman–Crippen MR) is 83.3 cm³/mol.